The van der Waals surface area contributed by atoms with Crippen LogP contribution in [0.4, 0.5) is 0 Å². The van der Waals surface area contributed by atoms with Crippen LogP contribution >= 0.6 is 0 Å². The number of rotatable bonds is 18. The Morgan fingerprint density at radius 2 is 0.750 bits per heavy atom. The van der Waals surface area contributed by atoms with Crippen molar-refractivity contribution in [2.45, 2.75) is 116 Å². The first-order chi connectivity index (χ1) is 13.3. The number of hydrogen-bond donors (Lipinski definition) is 0. The molecule has 0 radical (unpaired) electrons. The van der Waals surface area contributed by atoms with Crippen molar-refractivity contribution in [3.63, 3.8) is 0 Å². The molecule has 0 saturated carbocycles. The summed E-state index contributed by atoms with van der Waals surface area (Å²) in [5, 5.41) is 0. The zero-order valence-electron chi connectivity index (χ0n) is 20.5. The molecule has 28 heavy (non-hydrogen) atoms. The van der Waals surface area contributed by atoms with Gasteiger partial charge in [0.25, 0.3) is 0 Å². The van der Waals surface area contributed by atoms with Crippen molar-refractivity contribution < 1.29 is 26.0 Å². The third-order valence-electron chi connectivity index (χ3n) is 7.27. The van der Waals surface area contributed by atoms with Crippen LogP contribution in [0.5, 0.6) is 0 Å². The first kappa shape index (κ1) is 28.4. The van der Waals surface area contributed by atoms with Gasteiger partial charge < -0.3 is 0 Å². The van der Waals surface area contributed by atoms with Crippen LogP contribution in [0.3, 0.4) is 0 Å². The van der Waals surface area contributed by atoms with Crippen LogP contribution in [0, 0.1) is 23.7 Å². The van der Waals surface area contributed by atoms with Crippen molar-refractivity contribution in [2.24, 2.45) is 23.7 Å². The molecule has 0 rings (SSSR count). The van der Waals surface area contributed by atoms with Crippen LogP contribution in [0.2, 0.25) is 9.45 Å². The molecule has 0 fully saturated rings. The minimum atomic E-state index is -4.80. The summed E-state index contributed by atoms with van der Waals surface area (Å²) in [7, 11) is 0. The summed E-state index contributed by atoms with van der Waals surface area (Å²) in [5.41, 5.74) is 0. The molecule has 0 aromatic carbocycles. The first-order valence-corrected chi connectivity index (χ1v) is 16.6. The summed E-state index contributed by atoms with van der Waals surface area (Å²) in [6.45, 7) is 18.9. The van der Waals surface area contributed by atoms with Crippen LogP contribution in [0.1, 0.15) is 107 Å². The second-order valence-corrected chi connectivity index (χ2v) is 15.6. The molecule has 0 aliphatic rings. The van der Waals surface area contributed by atoms with Crippen molar-refractivity contribution in [1.82, 2.24) is 0 Å². The van der Waals surface area contributed by atoms with Gasteiger partial charge in [-0.25, -0.2) is 0 Å². The van der Waals surface area contributed by atoms with Gasteiger partial charge in [-0.3, -0.25) is 0 Å². The van der Waals surface area contributed by atoms with E-state index in [1.807, 2.05) is 0 Å². The quantitative estimate of drug-likeness (QED) is 0.202. The Morgan fingerprint density at radius 1 is 0.500 bits per heavy atom. The predicted octanol–water partition coefficient (Wildman–Crippen LogP) is 8.47. The molecule has 3 nitrogen and oxygen atoms in total. The van der Waals surface area contributed by atoms with E-state index in [1.165, 1.54) is 0 Å². The van der Waals surface area contributed by atoms with Gasteiger partial charge in [-0.05, 0) is 0 Å². The van der Waals surface area contributed by atoms with Crippen molar-refractivity contribution in [3.8, 4) is 0 Å². The van der Waals surface area contributed by atoms with Gasteiger partial charge in [-0.2, -0.15) is 0 Å². The molecule has 0 heterocycles. The molecule has 0 unspecified atom stereocenters. The van der Waals surface area contributed by atoms with E-state index < -0.39 is 16.1 Å². The second-order valence-electron chi connectivity index (χ2n) is 9.13. The second kappa shape index (κ2) is 14.4. The molecule has 4 heteroatoms. The van der Waals surface area contributed by atoms with Crippen molar-refractivity contribution >= 4 is 0 Å². The average Bonchev–Trinajstić information content (AvgIpc) is 2.72. The molecular formula is C24H52O3Ti. The van der Waals surface area contributed by atoms with E-state index in [9.17, 15) is 3.32 Å². The maximum absolute atomic E-state index is 15.0. The van der Waals surface area contributed by atoms with E-state index in [0.29, 0.717) is 46.3 Å². The van der Waals surface area contributed by atoms with Gasteiger partial charge in [0.2, 0.25) is 0 Å². The third kappa shape index (κ3) is 9.50. The molecule has 0 aromatic heterocycles. The zero-order chi connectivity index (χ0) is 21.7. The van der Waals surface area contributed by atoms with Gasteiger partial charge in [0.1, 0.15) is 0 Å². The van der Waals surface area contributed by atoms with E-state index >= 15 is 0 Å². The van der Waals surface area contributed by atoms with E-state index in [-0.39, 0.29) is 0 Å². The summed E-state index contributed by atoms with van der Waals surface area (Å²) in [6, 6.07) is 0. The summed E-state index contributed by atoms with van der Waals surface area (Å²) in [5.74, 6) is 1.79. The molecular weight excluding hydrogens is 384 g/mol. The molecule has 0 atom stereocenters. The molecule has 0 bridgehead atoms. The topological polar surface area (TPSA) is 35.5 Å². The van der Waals surface area contributed by atoms with Gasteiger partial charge in [0, 0.05) is 0 Å². The van der Waals surface area contributed by atoms with Crippen LogP contribution in [0.25, 0.3) is 0 Å². The van der Waals surface area contributed by atoms with Crippen LogP contribution in [-0.4, -0.2) is 13.2 Å². The van der Waals surface area contributed by atoms with Gasteiger partial charge in [0.05, 0.1) is 0 Å². The van der Waals surface area contributed by atoms with Gasteiger partial charge in [-0.15, -0.1) is 0 Å². The molecule has 0 spiro atoms. The predicted molar refractivity (Wildman–Crippen MR) is 118 cm³/mol. The Kier molecular flexibility index (Phi) is 14.7. The molecule has 0 aliphatic heterocycles. The summed E-state index contributed by atoms with van der Waals surface area (Å²) < 4.78 is 29.4. The van der Waals surface area contributed by atoms with Gasteiger partial charge in [-0.1, -0.05) is 0 Å². The molecule has 0 N–H and O–H groups in total. The Labute approximate surface area is 178 Å². The van der Waals surface area contributed by atoms with Crippen LogP contribution in [0.15, 0.2) is 0 Å². The summed E-state index contributed by atoms with van der Waals surface area (Å²) >= 11 is -4.80. The summed E-state index contributed by atoms with van der Waals surface area (Å²) in [4.78, 5) is 0. The maximum atomic E-state index is 15.0. The van der Waals surface area contributed by atoms with E-state index in [1.54, 1.807) is 0 Å². The molecule has 0 aliphatic carbocycles. The van der Waals surface area contributed by atoms with Crippen LogP contribution < -0.4 is 0 Å². The van der Waals surface area contributed by atoms with Gasteiger partial charge in [0.15, 0.2) is 0 Å². The van der Waals surface area contributed by atoms with E-state index in [4.69, 9.17) is 6.64 Å². The van der Waals surface area contributed by atoms with Crippen molar-refractivity contribution in [1.29, 1.82) is 0 Å². The first-order valence-electron chi connectivity index (χ1n) is 12.5. The number of hydrogen-bond acceptors (Lipinski definition) is 3. The van der Waals surface area contributed by atoms with E-state index in [0.717, 1.165) is 51.4 Å². The van der Waals surface area contributed by atoms with E-state index in [2.05, 4.69) is 55.4 Å². The molecule has 170 valence electrons. The fraction of sp³-hybridized carbons (Fsp3) is 1.00. The minimum absolute atomic E-state index is 0.423. The van der Waals surface area contributed by atoms with Crippen LogP contribution in [-0.2, 0) is 26.0 Å². The molecule has 0 amide bonds. The normalized spacial score (nSPS) is 13.5. The fourth-order valence-electron chi connectivity index (χ4n) is 4.29. The zero-order valence-corrected chi connectivity index (χ0v) is 22.1. The average molecular weight is 437 g/mol. The van der Waals surface area contributed by atoms with Crippen molar-refractivity contribution in [2.75, 3.05) is 13.2 Å². The Bertz CT molecular complexity index is 393. The molecule has 0 aromatic rings. The Hall–Kier alpha value is 0.434. The monoisotopic (exact) mass is 436 g/mol. The fourth-order valence-corrected chi connectivity index (χ4v) is 12.6. The SMILES string of the molecule is CCC(CC)C[O][Ti](=[O])([CH2]C(CC)CC)([CH2]C(CC)CC)[O]CC(CC)CC. The summed E-state index contributed by atoms with van der Waals surface area (Å²) in [6.07, 6.45) is 8.46. The standard InChI is InChI=1S/2C6H13O.2C6H13.O.Ti/c2*1-3-6(4-2)5-7;2*1-4-6(3)5-2;;/h2*6H,3-5H2,1-2H3;2*6H,3-5H2,1-2H3;;/q2*-1;;;;+2. The third-order valence-corrected chi connectivity index (χ3v) is 14.1. The van der Waals surface area contributed by atoms with Crippen molar-refractivity contribution in [3.05, 3.63) is 0 Å². The van der Waals surface area contributed by atoms with Gasteiger partial charge >= 0.3 is 179 Å². The Morgan fingerprint density at radius 3 is 0.964 bits per heavy atom. The molecule has 0 saturated heterocycles. The Balaban J connectivity index is 5.93.